The lowest BCUT2D eigenvalue weighted by molar-refractivity contribution is -0.119. The molecule has 0 aliphatic carbocycles. The summed E-state index contributed by atoms with van der Waals surface area (Å²) < 4.78 is 19.1. The smallest absolute Gasteiger partial charge is 0.239 e. The Bertz CT molecular complexity index is 1190. The summed E-state index contributed by atoms with van der Waals surface area (Å²) in [6.45, 7) is 5.99. The molecule has 2 aromatic carbocycles. The summed E-state index contributed by atoms with van der Waals surface area (Å²) in [6, 6.07) is 11.5. The van der Waals surface area contributed by atoms with Crippen LogP contribution in [0.15, 0.2) is 48.7 Å². The van der Waals surface area contributed by atoms with Gasteiger partial charge in [-0.1, -0.05) is 23.7 Å². The Morgan fingerprint density at radius 3 is 2.81 bits per heavy atom. The van der Waals surface area contributed by atoms with E-state index in [0.717, 1.165) is 25.2 Å². The molecule has 3 aromatic rings. The Labute approximate surface area is 215 Å². The van der Waals surface area contributed by atoms with E-state index in [9.17, 15) is 9.18 Å². The van der Waals surface area contributed by atoms with Crippen molar-refractivity contribution in [3.63, 3.8) is 0 Å². The molecule has 4 rings (SSSR count). The molecular formula is C26H30ClFN6O2. The molecule has 36 heavy (non-hydrogen) atoms. The van der Waals surface area contributed by atoms with Gasteiger partial charge in [0.05, 0.1) is 23.5 Å². The van der Waals surface area contributed by atoms with Gasteiger partial charge in [-0.25, -0.2) is 4.39 Å². The highest BCUT2D eigenvalue weighted by atomic mass is 35.5. The van der Waals surface area contributed by atoms with Crippen LogP contribution in [0.4, 0.5) is 21.6 Å². The Balaban J connectivity index is 1.29. The van der Waals surface area contributed by atoms with Gasteiger partial charge in [-0.2, -0.15) is 5.10 Å². The van der Waals surface area contributed by atoms with E-state index in [1.807, 2.05) is 13.0 Å². The van der Waals surface area contributed by atoms with E-state index < -0.39 is 0 Å². The van der Waals surface area contributed by atoms with Crippen LogP contribution in [0, 0.1) is 12.7 Å². The number of amides is 1. The predicted molar refractivity (Wildman–Crippen MR) is 139 cm³/mol. The molecule has 1 aliphatic rings. The first-order valence-electron chi connectivity index (χ1n) is 12.0. The highest BCUT2D eigenvalue weighted by Gasteiger charge is 2.13. The average Bonchev–Trinajstić information content (AvgIpc) is 3.38. The minimum atomic E-state index is -0.312. The summed E-state index contributed by atoms with van der Waals surface area (Å²) in [5, 5.41) is 17.9. The number of hydrogen-bond donors (Lipinski definition) is 3. The van der Waals surface area contributed by atoms with Crippen molar-refractivity contribution in [2.45, 2.75) is 26.4 Å². The first-order valence-corrected chi connectivity index (χ1v) is 12.3. The van der Waals surface area contributed by atoms with E-state index in [4.69, 9.17) is 16.3 Å². The van der Waals surface area contributed by atoms with Crippen LogP contribution < -0.4 is 20.7 Å². The molecule has 3 N–H and O–H groups in total. The Kier molecular flexibility index (Phi) is 8.91. The van der Waals surface area contributed by atoms with Gasteiger partial charge in [0.1, 0.15) is 18.2 Å². The maximum Gasteiger partial charge on any atom is 0.239 e. The van der Waals surface area contributed by atoms with Gasteiger partial charge in [0.2, 0.25) is 5.91 Å². The molecule has 1 aromatic heterocycles. The third-order valence-corrected chi connectivity index (χ3v) is 6.27. The van der Waals surface area contributed by atoms with Crippen molar-refractivity contribution in [1.29, 1.82) is 0 Å². The predicted octanol–water partition coefficient (Wildman–Crippen LogP) is 4.52. The van der Waals surface area contributed by atoms with Crippen LogP contribution in [0.1, 0.15) is 24.0 Å². The van der Waals surface area contributed by atoms with Gasteiger partial charge in [0.15, 0.2) is 5.82 Å². The Morgan fingerprint density at radius 2 is 2.03 bits per heavy atom. The number of nitrogens with one attached hydrogen (secondary N) is 3. The Morgan fingerprint density at radius 1 is 1.19 bits per heavy atom. The largest absolute Gasteiger partial charge is 0.487 e. The average molecular weight is 513 g/mol. The Hall–Kier alpha value is -3.43. The minimum absolute atomic E-state index is 0.0690. The second kappa shape index (κ2) is 12.5. The van der Waals surface area contributed by atoms with Gasteiger partial charge in [0.25, 0.3) is 0 Å². The lowest BCUT2D eigenvalue weighted by Crippen LogP contribution is -2.36. The molecular weight excluding hydrogens is 483 g/mol. The third kappa shape index (κ3) is 7.29. The standard InChI is InChI=1S/C26H30ClFN6O2/c1-18-23(30-16-25(35)29-9-12-34-10-2-3-11-34)15-31-33-26(18)32-21-7-8-24(22(27)14-21)36-17-19-5-4-6-20(28)13-19/h4-8,13-15H,2-3,9-12,16-17H2,1H3,(H,29,35)(H2,30,32,33). The van der Waals surface area contributed by atoms with E-state index in [2.05, 4.69) is 31.0 Å². The third-order valence-electron chi connectivity index (χ3n) is 5.97. The van der Waals surface area contributed by atoms with Crippen LogP contribution in [0.25, 0.3) is 0 Å². The second-order valence-corrected chi connectivity index (χ2v) is 9.08. The molecule has 0 bridgehead atoms. The van der Waals surface area contributed by atoms with Gasteiger partial charge in [-0.05, 0) is 68.8 Å². The van der Waals surface area contributed by atoms with Gasteiger partial charge in [-0.3, -0.25) is 4.79 Å². The van der Waals surface area contributed by atoms with Crippen molar-refractivity contribution in [2.24, 2.45) is 0 Å². The molecule has 0 radical (unpaired) electrons. The molecule has 0 spiro atoms. The summed E-state index contributed by atoms with van der Waals surface area (Å²) in [4.78, 5) is 14.6. The highest BCUT2D eigenvalue weighted by Crippen LogP contribution is 2.31. The molecule has 0 atom stereocenters. The molecule has 8 nitrogen and oxygen atoms in total. The van der Waals surface area contributed by atoms with Gasteiger partial charge in [0, 0.05) is 24.3 Å². The first kappa shape index (κ1) is 25.7. The first-order chi connectivity index (χ1) is 17.5. The quantitative estimate of drug-likeness (QED) is 0.348. The van der Waals surface area contributed by atoms with Crippen molar-refractivity contribution in [1.82, 2.24) is 20.4 Å². The van der Waals surface area contributed by atoms with Crippen LogP contribution >= 0.6 is 11.6 Å². The molecule has 10 heteroatoms. The normalized spacial score (nSPS) is 13.4. The van der Waals surface area contributed by atoms with E-state index in [1.165, 1.54) is 25.0 Å². The summed E-state index contributed by atoms with van der Waals surface area (Å²) in [7, 11) is 0. The zero-order valence-electron chi connectivity index (χ0n) is 20.2. The molecule has 190 valence electrons. The number of benzene rings is 2. The maximum atomic E-state index is 13.4. The van der Waals surface area contributed by atoms with Crippen molar-refractivity contribution in [3.05, 3.63) is 70.6 Å². The van der Waals surface area contributed by atoms with E-state index in [1.54, 1.807) is 30.5 Å². The summed E-state index contributed by atoms with van der Waals surface area (Å²) in [5.74, 6) is 0.646. The van der Waals surface area contributed by atoms with Gasteiger partial charge in [-0.15, -0.1) is 5.10 Å². The molecule has 0 saturated carbocycles. The van der Waals surface area contributed by atoms with Crippen LogP contribution in [-0.2, 0) is 11.4 Å². The molecule has 1 saturated heterocycles. The molecule has 1 aliphatic heterocycles. The zero-order valence-corrected chi connectivity index (χ0v) is 20.9. The van der Waals surface area contributed by atoms with Crippen LogP contribution in [0.3, 0.4) is 0 Å². The fourth-order valence-corrected chi connectivity index (χ4v) is 4.19. The number of carbonyl (C=O) groups excluding carboxylic acids is 1. The minimum Gasteiger partial charge on any atom is -0.487 e. The fraction of sp³-hybridized carbons (Fsp3) is 0.346. The molecule has 1 amide bonds. The lowest BCUT2D eigenvalue weighted by Gasteiger charge is -2.16. The van der Waals surface area contributed by atoms with E-state index in [-0.39, 0.29) is 24.9 Å². The summed E-state index contributed by atoms with van der Waals surface area (Å²) >= 11 is 6.40. The van der Waals surface area contributed by atoms with E-state index >= 15 is 0 Å². The number of aromatic nitrogens is 2. The van der Waals surface area contributed by atoms with Crippen molar-refractivity contribution in [2.75, 3.05) is 43.4 Å². The summed E-state index contributed by atoms with van der Waals surface area (Å²) in [6.07, 6.45) is 4.07. The van der Waals surface area contributed by atoms with Crippen LogP contribution in [0.5, 0.6) is 5.75 Å². The zero-order chi connectivity index (χ0) is 25.3. The van der Waals surface area contributed by atoms with Crippen molar-refractivity contribution >= 4 is 34.7 Å². The summed E-state index contributed by atoms with van der Waals surface area (Å²) in [5.41, 5.74) is 2.94. The highest BCUT2D eigenvalue weighted by molar-refractivity contribution is 6.32. The van der Waals surface area contributed by atoms with E-state index in [0.29, 0.717) is 40.1 Å². The number of hydrogen-bond acceptors (Lipinski definition) is 7. The van der Waals surface area contributed by atoms with Crippen molar-refractivity contribution in [3.8, 4) is 5.75 Å². The number of ether oxygens (including phenoxy) is 1. The number of likely N-dealkylation sites (tertiary alicyclic amines) is 1. The fourth-order valence-electron chi connectivity index (χ4n) is 3.96. The number of rotatable bonds is 11. The lowest BCUT2D eigenvalue weighted by atomic mass is 10.2. The van der Waals surface area contributed by atoms with Gasteiger partial charge < -0.3 is 25.6 Å². The molecule has 1 fully saturated rings. The second-order valence-electron chi connectivity index (χ2n) is 8.67. The number of anilines is 3. The van der Waals surface area contributed by atoms with Gasteiger partial charge >= 0.3 is 0 Å². The van der Waals surface area contributed by atoms with Crippen LogP contribution in [-0.4, -0.2) is 53.7 Å². The number of carbonyl (C=O) groups is 1. The molecule has 0 unspecified atom stereocenters. The maximum absolute atomic E-state index is 13.4. The molecule has 2 heterocycles. The van der Waals surface area contributed by atoms with Crippen LogP contribution in [0.2, 0.25) is 5.02 Å². The topological polar surface area (TPSA) is 91.4 Å². The number of nitrogens with zero attached hydrogens (tertiary/aromatic N) is 3. The monoisotopic (exact) mass is 512 g/mol. The SMILES string of the molecule is Cc1c(NCC(=O)NCCN2CCCC2)cnnc1Nc1ccc(OCc2cccc(F)c2)c(Cl)c1. The van der Waals surface area contributed by atoms with Crippen molar-refractivity contribution < 1.29 is 13.9 Å². The number of halogens is 2.